The Labute approximate surface area is 176 Å². The summed E-state index contributed by atoms with van der Waals surface area (Å²) in [6.07, 6.45) is -3.72. The number of carbonyl (C=O) groups is 1. The predicted molar refractivity (Wildman–Crippen MR) is 107 cm³/mol. The lowest BCUT2D eigenvalue weighted by molar-refractivity contribution is -0.137. The van der Waals surface area contributed by atoms with Crippen LogP contribution in [0.4, 0.5) is 24.7 Å². The van der Waals surface area contributed by atoms with Gasteiger partial charge in [0.1, 0.15) is 5.82 Å². The van der Waals surface area contributed by atoms with Gasteiger partial charge >= 0.3 is 6.18 Å². The Kier molecular flexibility index (Phi) is 6.48. The van der Waals surface area contributed by atoms with Gasteiger partial charge in [0.05, 0.1) is 28.3 Å². The van der Waals surface area contributed by atoms with Crippen LogP contribution in [0.2, 0.25) is 5.02 Å². The number of amides is 1. The molecular weight excluding hydrogens is 419 g/mol. The molecule has 158 valence electrons. The average Bonchev–Trinajstić information content (AvgIpc) is 2.72. The summed E-state index contributed by atoms with van der Waals surface area (Å²) in [4.78, 5) is 20.2. The molecule has 10 heteroatoms. The first-order valence-electron chi connectivity index (χ1n) is 9.22. The third-order valence-electron chi connectivity index (χ3n) is 4.95. The molecule has 1 amide bonds. The van der Waals surface area contributed by atoms with Gasteiger partial charge in [0, 0.05) is 38.1 Å². The lowest BCUT2D eigenvalue weighted by Gasteiger charge is -2.38. The second-order valence-corrected chi connectivity index (χ2v) is 7.32. The molecule has 0 radical (unpaired) electrons. The Morgan fingerprint density at radius 1 is 1.27 bits per heavy atom. The number of alkyl halides is 3. The number of anilines is 2. The van der Waals surface area contributed by atoms with Gasteiger partial charge in [-0.25, -0.2) is 4.98 Å². The maximum atomic E-state index is 12.8. The largest absolute Gasteiger partial charge is 0.417 e. The van der Waals surface area contributed by atoms with Crippen molar-refractivity contribution in [1.82, 2.24) is 9.88 Å². The number of nitrogens with zero attached hydrogens (tertiary/aromatic N) is 4. The van der Waals surface area contributed by atoms with E-state index in [1.54, 1.807) is 36.1 Å². The highest BCUT2D eigenvalue weighted by Crippen LogP contribution is 2.33. The van der Waals surface area contributed by atoms with Crippen molar-refractivity contribution in [2.75, 3.05) is 36.4 Å². The first-order valence-corrected chi connectivity index (χ1v) is 9.59. The van der Waals surface area contributed by atoms with Crippen LogP contribution in [-0.4, -0.2) is 48.0 Å². The molecule has 0 unspecified atom stereocenters. The lowest BCUT2D eigenvalue weighted by atomic mass is 10.2. The van der Waals surface area contributed by atoms with Crippen molar-refractivity contribution in [3.8, 4) is 6.07 Å². The van der Waals surface area contributed by atoms with Gasteiger partial charge in [-0.3, -0.25) is 9.69 Å². The number of nitriles is 1. The molecule has 0 spiro atoms. The zero-order valence-electron chi connectivity index (χ0n) is 16.1. The number of rotatable bonds is 4. The van der Waals surface area contributed by atoms with Crippen molar-refractivity contribution in [3.05, 3.63) is 52.7 Å². The fourth-order valence-electron chi connectivity index (χ4n) is 3.22. The summed E-state index contributed by atoms with van der Waals surface area (Å²) in [6, 6.07) is 9.13. The van der Waals surface area contributed by atoms with Gasteiger partial charge in [-0.1, -0.05) is 17.7 Å². The molecule has 0 aliphatic carbocycles. The van der Waals surface area contributed by atoms with Crippen LogP contribution < -0.4 is 10.2 Å². The molecule has 30 heavy (non-hydrogen) atoms. The van der Waals surface area contributed by atoms with Crippen LogP contribution >= 0.6 is 11.6 Å². The van der Waals surface area contributed by atoms with E-state index in [2.05, 4.69) is 10.3 Å². The number of carbonyl (C=O) groups excluding carboxylic acids is 1. The van der Waals surface area contributed by atoms with Gasteiger partial charge in [-0.2, -0.15) is 18.4 Å². The van der Waals surface area contributed by atoms with E-state index in [1.165, 1.54) is 0 Å². The highest BCUT2D eigenvalue weighted by atomic mass is 35.5. The minimum absolute atomic E-state index is 0.0542. The maximum absolute atomic E-state index is 12.8. The van der Waals surface area contributed by atoms with Crippen molar-refractivity contribution in [2.24, 2.45) is 0 Å². The summed E-state index contributed by atoms with van der Waals surface area (Å²) < 4.78 is 38.4. The van der Waals surface area contributed by atoms with Gasteiger partial charge in [0.15, 0.2) is 0 Å². The van der Waals surface area contributed by atoms with E-state index in [1.807, 2.05) is 11.0 Å². The van der Waals surface area contributed by atoms with Gasteiger partial charge in [0.25, 0.3) is 0 Å². The third-order valence-corrected chi connectivity index (χ3v) is 5.23. The molecular formula is C20H19ClF3N5O. The van der Waals surface area contributed by atoms with Gasteiger partial charge < -0.3 is 10.2 Å². The third kappa shape index (κ3) is 5.01. The van der Waals surface area contributed by atoms with E-state index < -0.39 is 17.8 Å². The molecule has 1 aromatic heterocycles. The summed E-state index contributed by atoms with van der Waals surface area (Å²) in [7, 11) is 0. The van der Waals surface area contributed by atoms with Crippen LogP contribution in [0.1, 0.15) is 18.1 Å². The summed E-state index contributed by atoms with van der Waals surface area (Å²) in [6.45, 7) is 3.76. The van der Waals surface area contributed by atoms with Crippen molar-refractivity contribution in [2.45, 2.75) is 19.1 Å². The molecule has 1 N–H and O–H groups in total. The van der Waals surface area contributed by atoms with E-state index in [-0.39, 0.29) is 10.9 Å². The second kappa shape index (κ2) is 8.90. The molecule has 1 aliphatic heterocycles. The Morgan fingerprint density at radius 2 is 1.97 bits per heavy atom. The first-order chi connectivity index (χ1) is 14.2. The molecule has 3 rings (SSSR count). The zero-order chi connectivity index (χ0) is 21.9. The fourth-order valence-corrected chi connectivity index (χ4v) is 3.50. The number of aromatic nitrogens is 1. The summed E-state index contributed by atoms with van der Waals surface area (Å²) in [5, 5.41) is 11.7. The molecule has 6 nitrogen and oxygen atoms in total. The SMILES string of the molecule is C[C@@H](C(=O)Nc1cccc(C#N)c1)N1CCN(c2ncc(C(F)(F)F)cc2Cl)CC1. The number of piperazine rings is 1. The van der Waals surface area contributed by atoms with E-state index in [0.717, 1.165) is 12.3 Å². The minimum atomic E-state index is -4.50. The summed E-state index contributed by atoms with van der Waals surface area (Å²) >= 11 is 6.03. The molecule has 1 aromatic carbocycles. The van der Waals surface area contributed by atoms with Crippen molar-refractivity contribution >= 4 is 29.0 Å². The predicted octanol–water partition coefficient (Wildman–Crippen LogP) is 3.77. The van der Waals surface area contributed by atoms with Crippen molar-refractivity contribution < 1.29 is 18.0 Å². The van der Waals surface area contributed by atoms with Crippen LogP contribution in [0.25, 0.3) is 0 Å². The Bertz CT molecular complexity index is 968. The quantitative estimate of drug-likeness (QED) is 0.788. The van der Waals surface area contributed by atoms with E-state index in [0.29, 0.717) is 43.2 Å². The van der Waals surface area contributed by atoms with Crippen LogP contribution in [0.5, 0.6) is 0 Å². The molecule has 1 saturated heterocycles. The maximum Gasteiger partial charge on any atom is 0.417 e. The summed E-state index contributed by atoms with van der Waals surface area (Å²) in [5.41, 5.74) is 0.112. The van der Waals surface area contributed by atoms with Crippen LogP contribution in [0, 0.1) is 11.3 Å². The van der Waals surface area contributed by atoms with Crippen LogP contribution in [-0.2, 0) is 11.0 Å². The Morgan fingerprint density at radius 3 is 2.57 bits per heavy atom. The van der Waals surface area contributed by atoms with Gasteiger partial charge in [0.2, 0.25) is 5.91 Å². The lowest BCUT2D eigenvalue weighted by Crippen LogP contribution is -2.53. The fraction of sp³-hybridized carbons (Fsp3) is 0.350. The molecule has 1 atom stereocenters. The van der Waals surface area contributed by atoms with Crippen molar-refractivity contribution in [1.29, 1.82) is 5.26 Å². The van der Waals surface area contributed by atoms with Gasteiger partial charge in [-0.15, -0.1) is 0 Å². The molecule has 0 bridgehead atoms. The summed E-state index contributed by atoms with van der Waals surface area (Å²) in [5.74, 6) is 0.0963. The zero-order valence-corrected chi connectivity index (χ0v) is 16.8. The average molecular weight is 438 g/mol. The van der Waals surface area contributed by atoms with Crippen molar-refractivity contribution in [3.63, 3.8) is 0 Å². The topological polar surface area (TPSA) is 72.3 Å². The Balaban J connectivity index is 1.59. The number of halogens is 4. The smallest absolute Gasteiger partial charge is 0.353 e. The van der Waals surface area contributed by atoms with Crippen LogP contribution in [0.3, 0.4) is 0 Å². The first kappa shape index (κ1) is 21.9. The standard InChI is InChI=1S/C20H19ClF3N5O/c1-13(19(30)27-16-4-2-3-14(9-16)11-25)28-5-7-29(8-6-28)18-17(21)10-15(12-26-18)20(22,23)24/h2-4,9-10,12-13H,5-8H2,1H3,(H,27,30)/t13-/m0/s1. The Hall–Kier alpha value is -2.83. The van der Waals surface area contributed by atoms with E-state index in [9.17, 15) is 18.0 Å². The molecule has 2 heterocycles. The van der Waals surface area contributed by atoms with E-state index >= 15 is 0 Å². The molecule has 2 aromatic rings. The highest BCUT2D eigenvalue weighted by Gasteiger charge is 2.33. The highest BCUT2D eigenvalue weighted by molar-refractivity contribution is 6.33. The normalized spacial score (nSPS) is 16.1. The molecule has 1 fully saturated rings. The van der Waals surface area contributed by atoms with Gasteiger partial charge in [-0.05, 0) is 31.2 Å². The van der Waals surface area contributed by atoms with Crippen LogP contribution in [0.15, 0.2) is 36.5 Å². The monoisotopic (exact) mass is 437 g/mol. The molecule has 1 aliphatic rings. The number of hydrogen-bond donors (Lipinski definition) is 1. The number of nitrogens with one attached hydrogen (secondary N) is 1. The molecule has 0 saturated carbocycles. The minimum Gasteiger partial charge on any atom is -0.353 e. The number of pyridine rings is 1. The number of benzene rings is 1. The van der Waals surface area contributed by atoms with E-state index in [4.69, 9.17) is 16.9 Å². The number of hydrogen-bond acceptors (Lipinski definition) is 5. The second-order valence-electron chi connectivity index (χ2n) is 6.91.